The number of benzene rings is 1. The quantitative estimate of drug-likeness (QED) is 0.923. The van der Waals surface area contributed by atoms with Gasteiger partial charge in [0.2, 0.25) is 0 Å². The molecule has 0 amide bonds. The second-order valence-electron chi connectivity index (χ2n) is 5.60. The molecule has 0 radical (unpaired) electrons. The van der Waals surface area contributed by atoms with Crippen molar-refractivity contribution in [3.05, 3.63) is 48.3 Å². The van der Waals surface area contributed by atoms with Crippen LogP contribution in [-0.2, 0) is 6.54 Å². The number of rotatable bonds is 4. The molecular weight excluding hydrogens is 248 g/mol. The molecule has 1 aromatic heterocycles. The maximum Gasteiger partial charge on any atom is 0.0645 e. The first-order valence-electron chi connectivity index (χ1n) is 7.32. The van der Waals surface area contributed by atoms with Crippen molar-refractivity contribution in [3.8, 4) is 5.69 Å². The van der Waals surface area contributed by atoms with Gasteiger partial charge in [-0.3, -0.25) is 0 Å². The van der Waals surface area contributed by atoms with Crippen LogP contribution in [0.15, 0.2) is 42.7 Å². The van der Waals surface area contributed by atoms with E-state index in [0.29, 0.717) is 6.04 Å². The van der Waals surface area contributed by atoms with Gasteiger partial charge in [0.05, 0.1) is 5.69 Å². The second kappa shape index (κ2) is 6.20. The summed E-state index contributed by atoms with van der Waals surface area (Å²) in [4.78, 5) is 2.40. The highest BCUT2D eigenvalue weighted by Crippen LogP contribution is 2.11. The Morgan fingerprint density at radius 2 is 2.15 bits per heavy atom. The summed E-state index contributed by atoms with van der Waals surface area (Å²) in [5, 5.41) is 7.90. The smallest absolute Gasteiger partial charge is 0.0645 e. The molecule has 2 aromatic rings. The van der Waals surface area contributed by atoms with Crippen molar-refractivity contribution in [1.82, 2.24) is 20.0 Å². The van der Waals surface area contributed by atoms with Crippen LogP contribution in [0, 0.1) is 0 Å². The molecule has 4 nitrogen and oxygen atoms in total. The highest BCUT2D eigenvalue weighted by molar-refractivity contribution is 5.33. The van der Waals surface area contributed by atoms with E-state index in [2.05, 4.69) is 46.6 Å². The first kappa shape index (κ1) is 13.3. The zero-order chi connectivity index (χ0) is 13.8. The zero-order valence-corrected chi connectivity index (χ0v) is 12.0. The molecule has 1 aromatic carbocycles. The van der Waals surface area contributed by atoms with Crippen molar-refractivity contribution in [2.45, 2.75) is 25.4 Å². The van der Waals surface area contributed by atoms with Gasteiger partial charge in [-0.2, -0.15) is 5.10 Å². The molecule has 1 aliphatic heterocycles. The first-order chi connectivity index (χ1) is 9.81. The minimum Gasteiger partial charge on any atom is -0.309 e. The Hall–Kier alpha value is -1.65. The van der Waals surface area contributed by atoms with Crippen molar-refractivity contribution in [3.63, 3.8) is 0 Å². The molecular formula is C16H22N4. The lowest BCUT2D eigenvalue weighted by atomic mass is 10.1. The van der Waals surface area contributed by atoms with E-state index < -0.39 is 0 Å². The molecule has 1 fully saturated rings. The number of hydrogen-bond acceptors (Lipinski definition) is 3. The Morgan fingerprint density at radius 3 is 2.85 bits per heavy atom. The van der Waals surface area contributed by atoms with Crippen molar-refractivity contribution in [1.29, 1.82) is 0 Å². The Balaban J connectivity index is 1.56. The number of likely N-dealkylation sites (tertiary alicyclic amines) is 1. The van der Waals surface area contributed by atoms with E-state index in [1.807, 2.05) is 16.9 Å². The fourth-order valence-corrected chi connectivity index (χ4v) is 2.78. The molecule has 20 heavy (non-hydrogen) atoms. The van der Waals surface area contributed by atoms with Gasteiger partial charge in [0.1, 0.15) is 0 Å². The summed E-state index contributed by atoms with van der Waals surface area (Å²) in [5.74, 6) is 0. The lowest BCUT2D eigenvalue weighted by Gasteiger charge is -2.30. The fourth-order valence-electron chi connectivity index (χ4n) is 2.78. The number of likely N-dealkylation sites (N-methyl/N-ethyl adjacent to an activating group) is 1. The Kier molecular flexibility index (Phi) is 4.14. The fraction of sp³-hybridized carbons (Fsp3) is 0.438. The number of nitrogens with zero attached hydrogens (tertiary/aromatic N) is 3. The average Bonchev–Trinajstić information content (AvgIpc) is 3.00. The second-order valence-corrected chi connectivity index (χ2v) is 5.60. The average molecular weight is 270 g/mol. The standard InChI is InChI=1S/C16H22N4/c1-19-10-2-4-15(13-19)17-12-14-5-7-16(8-6-14)20-11-3-9-18-20/h3,5-9,11,15,17H,2,4,10,12-13H2,1H3. The molecule has 106 valence electrons. The third-order valence-electron chi connectivity index (χ3n) is 3.92. The molecule has 2 heterocycles. The summed E-state index contributed by atoms with van der Waals surface area (Å²) in [6, 6.07) is 11.2. The maximum atomic E-state index is 4.24. The van der Waals surface area contributed by atoms with Crippen molar-refractivity contribution in [2.75, 3.05) is 20.1 Å². The summed E-state index contributed by atoms with van der Waals surface area (Å²) in [7, 11) is 2.20. The lowest BCUT2D eigenvalue weighted by Crippen LogP contribution is -2.43. The largest absolute Gasteiger partial charge is 0.309 e. The Bertz CT molecular complexity index is 518. The van der Waals surface area contributed by atoms with Gasteiger partial charge >= 0.3 is 0 Å². The molecule has 1 atom stereocenters. The van der Waals surface area contributed by atoms with Crippen LogP contribution in [0.2, 0.25) is 0 Å². The van der Waals surface area contributed by atoms with E-state index in [1.165, 1.54) is 24.9 Å². The zero-order valence-electron chi connectivity index (χ0n) is 12.0. The third-order valence-corrected chi connectivity index (χ3v) is 3.92. The van der Waals surface area contributed by atoms with E-state index in [-0.39, 0.29) is 0 Å². The van der Waals surface area contributed by atoms with Crippen LogP contribution in [0.3, 0.4) is 0 Å². The number of aromatic nitrogens is 2. The number of nitrogens with one attached hydrogen (secondary N) is 1. The predicted molar refractivity (Wildman–Crippen MR) is 80.9 cm³/mol. The SMILES string of the molecule is CN1CCCC(NCc2ccc(-n3cccn3)cc2)C1. The highest BCUT2D eigenvalue weighted by atomic mass is 15.3. The van der Waals surface area contributed by atoms with Crippen LogP contribution in [-0.4, -0.2) is 40.9 Å². The summed E-state index contributed by atoms with van der Waals surface area (Å²) in [5.41, 5.74) is 2.44. The molecule has 1 unspecified atom stereocenters. The first-order valence-corrected chi connectivity index (χ1v) is 7.32. The van der Waals surface area contributed by atoms with Gasteiger partial charge in [0, 0.05) is 31.5 Å². The van der Waals surface area contributed by atoms with Gasteiger partial charge in [-0.25, -0.2) is 4.68 Å². The van der Waals surface area contributed by atoms with Gasteiger partial charge in [0.25, 0.3) is 0 Å². The van der Waals surface area contributed by atoms with Gasteiger partial charge in [-0.15, -0.1) is 0 Å². The van der Waals surface area contributed by atoms with Crippen LogP contribution in [0.1, 0.15) is 18.4 Å². The molecule has 3 rings (SSSR count). The summed E-state index contributed by atoms with van der Waals surface area (Å²) in [6.45, 7) is 3.33. The Morgan fingerprint density at radius 1 is 1.30 bits per heavy atom. The lowest BCUT2D eigenvalue weighted by molar-refractivity contribution is 0.226. The van der Waals surface area contributed by atoms with Crippen LogP contribution in [0.25, 0.3) is 5.69 Å². The number of piperidine rings is 1. The van der Waals surface area contributed by atoms with Crippen LogP contribution in [0.4, 0.5) is 0 Å². The highest BCUT2D eigenvalue weighted by Gasteiger charge is 2.16. The molecule has 0 aliphatic carbocycles. The normalized spacial score (nSPS) is 20.1. The molecule has 4 heteroatoms. The van der Waals surface area contributed by atoms with Gasteiger partial charge in [-0.1, -0.05) is 12.1 Å². The van der Waals surface area contributed by atoms with E-state index in [9.17, 15) is 0 Å². The monoisotopic (exact) mass is 270 g/mol. The van der Waals surface area contributed by atoms with E-state index in [4.69, 9.17) is 0 Å². The predicted octanol–water partition coefficient (Wildman–Crippen LogP) is 2.06. The van der Waals surface area contributed by atoms with Gasteiger partial charge in [0.15, 0.2) is 0 Å². The summed E-state index contributed by atoms with van der Waals surface area (Å²) >= 11 is 0. The van der Waals surface area contributed by atoms with Crippen LogP contribution in [0.5, 0.6) is 0 Å². The molecule has 0 spiro atoms. The van der Waals surface area contributed by atoms with Gasteiger partial charge in [-0.05, 0) is 50.2 Å². The van der Waals surface area contributed by atoms with E-state index in [0.717, 1.165) is 18.8 Å². The van der Waals surface area contributed by atoms with Crippen molar-refractivity contribution >= 4 is 0 Å². The summed E-state index contributed by atoms with van der Waals surface area (Å²) in [6.07, 6.45) is 6.35. The third kappa shape index (κ3) is 3.26. The van der Waals surface area contributed by atoms with Crippen LogP contribution < -0.4 is 5.32 Å². The molecule has 0 bridgehead atoms. The van der Waals surface area contributed by atoms with Gasteiger partial charge < -0.3 is 10.2 Å². The molecule has 0 saturated carbocycles. The molecule has 1 N–H and O–H groups in total. The van der Waals surface area contributed by atoms with Crippen molar-refractivity contribution in [2.24, 2.45) is 0 Å². The molecule has 1 saturated heterocycles. The van der Waals surface area contributed by atoms with E-state index in [1.54, 1.807) is 6.20 Å². The minimum atomic E-state index is 0.625. The Labute approximate surface area is 120 Å². The maximum absolute atomic E-state index is 4.24. The van der Waals surface area contributed by atoms with E-state index >= 15 is 0 Å². The summed E-state index contributed by atoms with van der Waals surface area (Å²) < 4.78 is 1.88. The topological polar surface area (TPSA) is 33.1 Å². The van der Waals surface area contributed by atoms with Crippen molar-refractivity contribution < 1.29 is 0 Å². The molecule has 1 aliphatic rings. The van der Waals surface area contributed by atoms with Crippen LogP contribution >= 0.6 is 0 Å². The number of hydrogen-bond donors (Lipinski definition) is 1. The minimum absolute atomic E-state index is 0.625.